The van der Waals surface area contributed by atoms with Gasteiger partial charge >= 0.3 is 0 Å². The summed E-state index contributed by atoms with van der Waals surface area (Å²) in [4.78, 5) is 0. The first-order valence-corrected chi connectivity index (χ1v) is 7.82. The Morgan fingerprint density at radius 1 is 0.950 bits per heavy atom. The van der Waals surface area contributed by atoms with E-state index in [-0.39, 0.29) is 0 Å². The molecule has 0 radical (unpaired) electrons. The van der Waals surface area contributed by atoms with Crippen molar-refractivity contribution in [2.75, 3.05) is 39.6 Å². The highest BCUT2D eigenvalue weighted by Crippen LogP contribution is 2.13. The maximum absolute atomic E-state index is 5.54. The van der Waals surface area contributed by atoms with E-state index in [0.29, 0.717) is 24.4 Å². The number of rotatable bonds is 10. The third-order valence-corrected chi connectivity index (χ3v) is 3.35. The number of hydrogen-bond acceptors (Lipinski definition) is 5. The topological polar surface area (TPSA) is 56.0 Å². The second kappa shape index (κ2) is 8.95. The van der Waals surface area contributed by atoms with Crippen LogP contribution in [-0.4, -0.2) is 64.1 Å². The Bertz CT molecular complexity index is 237. The molecular formula is C15H28O5. The van der Waals surface area contributed by atoms with Gasteiger partial charge in [-0.1, -0.05) is 19.8 Å². The van der Waals surface area contributed by atoms with E-state index in [0.717, 1.165) is 39.6 Å². The molecule has 5 nitrogen and oxygen atoms in total. The van der Waals surface area contributed by atoms with Gasteiger partial charge in [-0.15, -0.1) is 0 Å². The number of epoxide rings is 3. The van der Waals surface area contributed by atoms with Crippen LogP contribution in [-0.2, 0) is 23.7 Å². The first-order valence-electron chi connectivity index (χ1n) is 7.82. The summed E-state index contributed by atoms with van der Waals surface area (Å²) >= 11 is 0. The second-order valence-electron chi connectivity index (χ2n) is 5.69. The lowest BCUT2D eigenvalue weighted by molar-refractivity contribution is 0.0479. The van der Waals surface area contributed by atoms with Gasteiger partial charge in [-0.05, 0) is 13.3 Å². The maximum Gasteiger partial charge on any atom is 0.104 e. The van der Waals surface area contributed by atoms with Crippen LogP contribution in [0.1, 0.15) is 33.1 Å². The molecule has 3 rings (SSSR count). The van der Waals surface area contributed by atoms with Crippen molar-refractivity contribution in [2.24, 2.45) is 0 Å². The van der Waals surface area contributed by atoms with E-state index < -0.39 is 0 Å². The van der Waals surface area contributed by atoms with Gasteiger partial charge in [0.15, 0.2) is 0 Å². The monoisotopic (exact) mass is 288 g/mol. The van der Waals surface area contributed by atoms with Crippen molar-refractivity contribution in [3.8, 4) is 0 Å². The van der Waals surface area contributed by atoms with E-state index in [9.17, 15) is 0 Å². The first-order chi connectivity index (χ1) is 9.78. The lowest BCUT2D eigenvalue weighted by atomic mass is 10.2. The van der Waals surface area contributed by atoms with Crippen molar-refractivity contribution in [3.05, 3.63) is 0 Å². The fourth-order valence-electron chi connectivity index (χ4n) is 1.67. The summed E-state index contributed by atoms with van der Waals surface area (Å²) in [5.74, 6) is 0. The van der Waals surface area contributed by atoms with Gasteiger partial charge in [-0.2, -0.15) is 0 Å². The SMILES string of the molecule is C(OCC1CO1)C1CO1.CCCCC(C)OCC1CO1. The quantitative estimate of drug-likeness (QED) is 0.574. The van der Waals surface area contributed by atoms with Crippen LogP contribution in [0.25, 0.3) is 0 Å². The molecule has 5 heteroatoms. The van der Waals surface area contributed by atoms with Gasteiger partial charge in [0.25, 0.3) is 0 Å². The van der Waals surface area contributed by atoms with E-state index in [2.05, 4.69) is 13.8 Å². The summed E-state index contributed by atoms with van der Waals surface area (Å²) in [7, 11) is 0. The summed E-state index contributed by atoms with van der Waals surface area (Å²) in [6, 6.07) is 0. The number of ether oxygens (including phenoxy) is 5. The Labute approximate surface area is 121 Å². The molecule has 0 saturated carbocycles. The van der Waals surface area contributed by atoms with Crippen LogP contribution in [0.15, 0.2) is 0 Å². The molecule has 0 amide bonds. The summed E-state index contributed by atoms with van der Waals surface area (Å²) in [6.45, 7) is 9.30. The molecule has 3 heterocycles. The minimum Gasteiger partial charge on any atom is -0.376 e. The molecule has 0 N–H and O–H groups in total. The van der Waals surface area contributed by atoms with Gasteiger partial charge in [0.1, 0.15) is 18.3 Å². The maximum atomic E-state index is 5.54. The zero-order chi connectivity index (χ0) is 14.2. The van der Waals surface area contributed by atoms with E-state index >= 15 is 0 Å². The highest BCUT2D eigenvalue weighted by Gasteiger charge is 2.26. The Balaban J connectivity index is 0.000000149. The van der Waals surface area contributed by atoms with Crippen LogP contribution in [0.5, 0.6) is 0 Å². The van der Waals surface area contributed by atoms with Crippen molar-refractivity contribution in [1.82, 2.24) is 0 Å². The van der Waals surface area contributed by atoms with Crippen LogP contribution in [0.2, 0.25) is 0 Å². The molecule has 0 bridgehead atoms. The van der Waals surface area contributed by atoms with Crippen LogP contribution >= 0.6 is 0 Å². The van der Waals surface area contributed by atoms with Crippen LogP contribution < -0.4 is 0 Å². The molecule has 0 aromatic rings. The largest absolute Gasteiger partial charge is 0.376 e. The van der Waals surface area contributed by atoms with Crippen molar-refractivity contribution >= 4 is 0 Å². The molecule has 3 saturated heterocycles. The van der Waals surface area contributed by atoms with E-state index in [1.54, 1.807) is 0 Å². The predicted molar refractivity (Wildman–Crippen MR) is 75.0 cm³/mol. The van der Waals surface area contributed by atoms with Gasteiger partial charge in [0.05, 0.1) is 45.7 Å². The molecule has 3 fully saturated rings. The zero-order valence-electron chi connectivity index (χ0n) is 12.7. The zero-order valence-corrected chi connectivity index (χ0v) is 12.7. The highest BCUT2D eigenvalue weighted by molar-refractivity contribution is 4.71. The average Bonchev–Trinajstić information content (AvgIpc) is 3.28. The molecule has 0 spiro atoms. The minimum absolute atomic E-state index is 0.392. The molecule has 20 heavy (non-hydrogen) atoms. The van der Waals surface area contributed by atoms with Crippen molar-refractivity contribution < 1.29 is 23.7 Å². The second-order valence-corrected chi connectivity index (χ2v) is 5.69. The molecule has 3 aliphatic heterocycles. The van der Waals surface area contributed by atoms with Gasteiger partial charge in [-0.3, -0.25) is 0 Å². The fourth-order valence-corrected chi connectivity index (χ4v) is 1.67. The Morgan fingerprint density at radius 3 is 1.90 bits per heavy atom. The van der Waals surface area contributed by atoms with E-state index in [1.165, 1.54) is 19.3 Å². The van der Waals surface area contributed by atoms with Gasteiger partial charge in [0.2, 0.25) is 0 Å². The normalized spacial score (nSPS) is 31.2. The third-order valence-electron chi connectivity index (χ3n) is 3.35. The summed E-state index contributed by atoms with van der Waals surface area (Å²) in [5.41, 5.74) is 0. The van der Waals surface area contributed by atoms with E-state index in [1.807, 2.05) is 0 Å². The molecule has 118 valence electrons. The lowest BCUT2D eigenvalue weighted by Gasteiger charge is -2.10. The minimum atomic E-state index is 0.392. The number of unbranched alkanes of at least 4 members (excludes halogenated alkanes) is 1. The molecule has 4 unspecified atom stereocenters. The Hall–Kier alpha value is -0.200. The Kier molecular flexibility index (Phi) is 7.24. The molecule has 4 atom stereocenters. The average molecular weight is 288 g/mol. The van der Waals surface area contributed by atoms with Crippen molar-refractivity contribution in [2.45, 2.75) is 57.5 Å². The molecule has 3 aliphatic rings. The molecule has 0 aromatic carbocycles. The summed E-state index contributed by atoms with van der Waals surface area (Å²) < 4.78 is 25.7. The summed E-state index contributed by atoms with van der Waals surface area (Å²) in [5, 5.41) is 0. The first kappa shape index (κ1) is 16.2. The van der Waals surface area contributed by atoms with Crippen LogP contribution in [0.4, 0.5) is 0 Å². The summed E-state index contributed by atoms with van der Waals surface area (Å²) in [6.07, 6.45) is 5.33. The molecule has 0 aliphatic carbocycles. The third kappa shape index (κ3) is 8.87. The molecular weight excluding hydrogens is 260 g/mol. The van der Waals surface area contributed by atoms with Gasteiger partial charge in [0, 0.05) is 0 Å². The Morgan fingerprint density at radius 2 is 1.45 bits per heavy atom. The predicted octanol–water partition coefficient (Wildman–Crippen LogP) is 1.78. The highest BCUT2D eigenvalue weighted by atomic mass is 16.6. The van der Waals surface area contributed by atoms with Crippen LogP contribution in [0, 0.1) is 0 Å². The lowest BCUT2D eigenvalue weighted by Crippen LogP contribution is -2.12. The smallest absolute Gasteiger partial charge is 0.104 e. The van der Waals surface area contributed by atoms with Gasteiger partial charge < -0.3 is 23.7 Å². The molecule has 0 aromatic heterocycles. The number of hydrogen-bond donors (Lipinski definition) is 0. The standard InChI is InChI=1S/C9H18O2.C6H10O3/c1-3-4-5-8(2)10-6-9-7-11-9;1(5-3-8-5)7-2-6-4-9-6/h8-9H,3-7H2,1-2H3;5-6H,1-4H2. The fraction of sp³-hybridized carbons (Fsp3) is 1.00. The van der Waals surface area contributed by atoms with Crippen molar-refractivity contribution in [3.63, 3.8) is 0 Å². The van der Waals surface area contributed by atoms with Gasteiger partial charge in [-0.25, -0.2) is 0 Å². The van der Waals surface area contributed by atoms with Crippen molar-refractivity contribution in [1.29, 1.82) is 0 Å². The van der Waals surface area contributed by atoms with Crippen LogP contribution in [0.3, 0.4) is 0 Å². The van der Waals surface area contributed by atoms with E-state index in [4.69, 9.17) is 23.7 Å².